The molecule has 0 aliphatic rings. The van der Waals surface area contributed by atoms with Crippen LogP contribution in [0.25, 0.3) is 0 Å². The van der Waals surface area contributed by atoms with Gasteiger partial charge in [-0.2, -0.15) is 0 Å². The molecule has 1 aromatic rings. The van der Waals surface area contributed by atoms with E-state index in [1.54, 1.807) is 7.11 Å². The Hall–Kier alpha value is -1.16. The van der Waals surface area contributed by atoms with Gasteiger partial charge in [-0.25, -0.2) is 0 Å². The van der Waals surface area contributed by atoms with Crippen molar-refractivity contribution >= 4 is 28.5 Å². The summed E-state index contributed by atoms with van der Waals surface area (Å²) in [7, 11) is -2.67. The minimum atomic E-state index is -2.25. The van der Waals surface area contributed by atoms with E-state index in [9.17, 15) is 4.79 Å². The predicted molar refractivity (Wildman–Crippen MR) is 140 cm³/mol. The van der Waals surface area contributed by atoms with E-state index in [2.05, 4.69) is 72.0 Å². The normalized spacial score (nSPS) is 14.1. The number of hydrogen-bond donors (Lipinski definition) is 0. The third kappa shape index (κ3) is 8.01. The van der Waals surface area contributed by atoms with Crippen LogP contribution in [0, 0.1) is 0 Å². The lowest BCUT2D eigenvalue weighted by Crippen LogP contribution is -2.51. The van der Waals surface area contributed by atoms with Crippen LogP contribution >= 0.6 is 0 Å². The van der Waals surface area contributed by atoms with E-state index < -0.39 is 16.9 Å². The molecule has 5 nitrogen and oxygen atoms in total. The molecule has 0 radical (unpaired) electrons. The van der Waals surface area contributed by atoms with Crippen LogP contribution in [0.4, 0.5) is 5.69 Å². The molecule has 0 aliphatic heterocycles. The monoisotopic (exact) mass is 481 g/mol. The van der Waals surface area contributed by atoms with E-state index >= 15 is 0 Å². The van der Waals surface area contributed by atoms with Crippen LogP contribution in [0.5, 0.6) is 0 Å². The number of anilines is 1. The molecule has 0 saturated carbocycles. The van der Waals surface area contributed by atoms with Gasteiger partial charge in [0.1, 0.15) is 6.54 Å². The average molecular weight is 482 g/mol. The quantitative estimate of drug-likeness (QED) is 0.259. The number of nitrogens with zero attached hydrogens (tertiary/aromatic N) is 1. The highest BCUT2D eigenvalue weighted by molar-refractivity contribution is 6.79. The maximum atomic E-state index is 13.2. The molecular formula is C25H47NO4Si2. The van der Waals surface area contributed by atoms with Crippen molar-refractivity contribution in [1.82, 2.24) is 0 Å². The summed E-state index contributed by atoms with van der Waals surface area (Å²) in [6, 6.07) is 11.0. The third-order valence-electron chi connectivity index (χ3n) is 6.54. The van der Waals surface area contributed by atoms with Gasteiger partial charge in [0.25, 0.3) is 8.32 Å². The molecule has 0 saturated heterocycles. The maximum absolute atomic E-state index is 13.2. The van der Waals surface area contributed by atoms with Gasteiger partial charge in [0.15, 0.2) is 0 Å². The van der Waals surface area contributed by atoms with Gasteiger partial charge >= 0.3 is 14.5 Å². The second-order valence-corrected chi connectivity index (χ2v) is 18.7. The first kappa shape index (κ1) is 28.9. The van der Waals surface area contributed by atoms with Crippen molar-refractivity contribution in [2.45, 2.75) is 90.5 Å². The van der Waals surface area contributed by atoms with Crippen molar-refractivity contribution in [1.29, 1.82) is 0 Å². The van der Waals surface area contributed by atoms with E-state index in [0.29, 0.717) is 16.6 Å². The number of para-hydroxylation sites is 1. The zero-order valence-electron chi connectivity index (χ0n) is 21.9. The molecular weight excluding hydrogens is 434 g/mol. The fourth-order valence-corrected chi connectivity index (χ4v) is 11.9. The van der Waals surface area contributed by atoms with Gasteiger partial charge in [-0.1, -0.05) is 66.7 Å². The Bertz CT molecular complexity index is 647. The Balaban J connectivity index is 2.95. The molecule has 1 atom stereocenters. The maximum Gasteiger partial charge on any atom is 0.334 e. The third-order valence-corrected chi connectivity index (χ3v) is 15.5. The molecule has 0 amide bonds. The highest BCUT2D eigenvalue weighted by Gasteiger charge is 2.48. The number of hydrogen-bond acceptors (Lipinski definition) is 5. The number of carbonyl (C=O) groups is 1. The molecule has 0 spiro atoms. The average Bonchev–Trinajstić information content (AvgIpc) is 2.75. The summed E-state index contributed by atoms with van der Waals surface area (Å²) in [4.78, 5) is 15.4. The highest BCUT2D eigenvalue weighted by Crippen LogP contribution is 2.42. The molecule has 7 heteroatoms. The number of benzene rings is 1. The smallest absolute Gasteiger partial charge is 0.334 e. The molecule has 0 aliphatic carbocycles. The van der Waals surface area contributed by atoms with Gasteiger partial charge in [0, 0.05) is 25.9 Å². The van der Waals surface area contributed by atoms with Crippen LogP contribution in [-0.2, 0) is 18.1 Å². The number of rotatable bonds is 15. The second-order valence-electron chi connectivity index (χ2n) is 9.84. The molecule has 1 aromatic carbocycles. The molecule has 32 heavy (non-hydrogen) atoms. The Morgan fingerprint density at radius 1 is 1.00 bits per heavy atom. The summed E-state index contributed by atoms with van der Waals surface area (Å²) in [6.45, 7) is 19.3. The van der Waals surface area contributed by atoms with Gasteiger partial charge in [-0.3, -0.25) is 4.79 Å². The van der Waals surface area contributed by atoms with Crippen molar-refractivity contribution in [2.75, 3.05) is 31.7 Å². The summed E-state index contributed by atoms with van der Waals surface area (Å²) < 4.78 is 18.2. The van der Waals surface area contributed by atoms with Crippen LogP contribution in [0.3, 0.4) is 0 Å². The summed E-state index contributed by atoms with van der Waals surface area (Å²) in [5, 5.41) is 0. The largest absolute Gasteiger partial charge is 0.517 e. The fourth-order valence-electron chi connectivity index (χ4n) is 4.82. The van der Waals surface area contributed by atoms with Gasteiger partial charge in [0.05, 0.1) is 0 Å². The molecule has 1 unspecified atom stereocenters. The minimum absolute atomic E-state index is 0.106. The van der Waals surface area contributed by atoms with Crippen molar-refractivity contribution in [2.24, 2.45) is 0 Å². The van der Waals surface area contributed by atoms with Gasteiger partial charge in [-0.05, 0) is 54.2 Å². The first-order valence-corrected chi connectivity index (χ1v) is 16.9. The molecule has 0 bridgehead atoms. The summed E-state index contributed by atoms with van der Waals surface area (Å²) in [5.74, 6) is -0.106. The predicted octanol–water partition coefficient (Wildman–Crippen LogP) is 6.75. The molecule has 184 valence electrons. The van der Waals surface area contributed by atoms with E-state index in [-0.39, 0.29) is 12.5 Å². The molecule has 0 fully saturated rings. The van der Waals surface area contributed by atoms with Crippen LogP contribution in [-0.4, -0.2) is 49.7 Å². The topological polar surface area (TPSA) is 48.0 Å². The van der Waals surface area contributed by atoms with Crippen LogP contribution in [0.2, 0.25) is 29.2 Å². The van der Waals surface area contributed by atoms with Crippen LogP contribution < -0.4 is 4.90 Å². The minimum Gasteiger partial charge on any atom is -0.517 e. The van der Waals surface area contributed by atoms with Crippen LogP contribution in [0.15, 0.2) is 30.3 Å². The molecule has 0 N–H and O–H groups in total. The van der Waals surface area contributed by atoms with E-state index in [0.717, 1.165) is 37.7 Å². The highest BCUT2D eigenvalue weighted by atomic mass is 28.4. The Morgan fingerprint density at radius 2 is 1.56 bits per heavy atom. The lowest BCUT2D eigenvalue weighted by Gasteiger charge is -2.41. The van der Waals surface area contributed by atoms with Crippen molar-refractivity contribution in [3.05, 3.63) is 30.3 Å². The van der Waals surface area contributed by atoms with Gasteiger partial charge < -0.3 is 18.2 Å². The first-order chi connectivity index (χ1) is 15.0. The van der Waals surface area contributed by atoms with Crippen molar-refractivity contribution < 1.29 is 18.1 Å². The summed E-state index contributed by atoms with van der Waals surface area (Å²) >= 11 is 0. The molecule has 0 heterocycles. The fraction of sp³-hybridized carbons (Fsp3) is 0.720. The van der Waals surface area contributed by atoms with E-state index in [1.165, 1.54) is 0 Å². The standard InChI is InChI=1S/C25H47NO4Si2/c1-10-18-29-31(9,28-8)19-14-17-26(24-15-12-11-13-16-24)20-25(27)30-32(21(2)3,22(4)5)23(6)7/h11-13,15-16,21-23H,10,14,17-20H2,1-9H3. The lowest BCUT2D eigenvalue weighted by atomic mass is 10.2. The zero-order chi connectivity index (χ0) is 24.4. The summed E-state index contributed by atoms with van der Waals surface area (Å²) in [5.41, 5.74) is 2.17. The second kappa shape index (κ2) is 13.5. The Labute approximate surface area is 199 Å². The Kier molecular flexibility index (Phi) is 12.2. The van der Waals surface area contributed by atoms with Crippen LogP contribution in [0.1, 0.15) is 61.3 Å². The SMILES string of the molecule is CCCO[Si](C)(CCCN(CC(=O)O[Si](C(C)C)(C(C)C)C(C)C)c1ccccc1)OC. The number of carbonyl (C=O) groups excluding carboxylic acids is 1. The molecule has 1 rings (SSSR count). The lowest BCUT2D eigenvalue weighted by molar-refractivity contribution is -0.134. The van der Waals surface area contributed by atoms with Crippen molar-refractivity contribution in [3.63, 3.8) is 0 Å². The van der Waals surface area contributed by atoms with E-state index in [4.69, 9.17) is 13.3 Å². The van der Waals surface area contributed by atoms with Gasteiger partial charge in [-0.15, -0.1) is 0 Å². The molecule has 0 aromatic heterocycles. The summed E-state index contributed by atoms with van der Waals surface area (Å²) in [6.07, 6.45) is 1.89. The zero-order valence-corrected chi connectivity index (χ0v) is 23.9. The van der Waals surface area contributed by atoms with E-state index in [1.807, 2.05) is 18.2 Å². The van der Waals surface area contributed by atoms with Crippen molar-refractivity contribution in [3.8, 4) is 0 Å². The Morgan fingerprint density at radius 3 is 2.03 bits per heavy atom. The van der Waals surface area contributed by atoms with Gasteiger partial charge in [0.2, 0.25) is 0 Å². The first-order valence-electron chi connectivity index (χ1n) is 12.2.